The molecule has 2 aromatic carbocycles. The molecular weight excluding hydrogens is 460 g/mol. The van der Waals surface area contributed by atoms with Gasteiger partial charge in [-0.15, -0.1) is 0 Å². The summed E-state index contributed by atoms with van der Waals surface area (Å²) in [4.78, 5) is 35.9. The first-order valence-corrected chi connectivity index (χ1v) is 10.8. The van der Waals surface area contributed by atoms with E-state index in [1.807, 2.05) is 19.1 Å². The molecule has 0 bridgehead atoms. The predicted molar refractivity (Wildman–Crippen MR) is 129 cm³/mol. The fraction of sp³-hybridized carbons (Fsp3) is 0.208. The van der Waals surface area contributed by atoms with Crippen LogP contribution in [0.15, 0.2) is 64.1 Å². The minimum absolute atomic E-state index is 0.190. The number of hydrogen-bond donors (Lipinski definition) is 2. The molecule has 176 valence electrons. The monoisotopic (exact) mass is 482 g/mol. The Hall–Kier alpha value is -3.98. The van der Waals surface area contributed by atoms with Crippen molar-refractivity contribution in [1.29, 1.82) is 0 Å². The Morgan fingerprint density at radius 1 is 1.12 bits per heavy atom. The largest absolute Gasteiger partial charge is 0.455 e. The normalized spacial score (nSPS) is 12.0. The van der Waals surface area contributed by atoms with E-state index in [2.05, 4.69) is 15.8 Å². The molecule has 0 fully saturated rings. The van der Waals surface area contributed by atoms with Crippen molar-refractivity contribution in [3.8, 4) is 11.3 Å². The molecule has 0 saturated heterocycles. The lowest BCUT2D eigenvalue weighted by Crippen LogP contribution is -2.48. The molecule has 1 unspecified atom stereocenters. The average molecular weight is 483 g/mol. The highest BCUT2D eigenvalue weighted by Gasteiger charge is 2.24. The van der Waals surface area contributed by atoms with Gasteiger partial charge in [-0.1, -0.05) is 43.1 Å². The zero-order valence-corrected chi connectivity index (χ0v) is 19.5. The average Bonchev–Trinajstić information content (AvgIpc) is 3.26. The first-order valence-electron chi connectivity index (χ1n) is 10.4. The molecule has 0 spiro atoms. The summed E-state index contributed by atoms with van der Waals surface area (Å²) in [5, 5.41) is 18.2. The Bertz CT molecular complexity index is 1230. The third-order valence-electron chi connectivity index (χ3n) is 4.96. The number of halogens is 1. The molecule has 9 nitrogen and oxygen atoms in total. The highest BCUT2D eigenvalue weighted by atomic mass is 35.5. The number of carbonyl (C=O) groups is 2. The smallest absolute Gasteiger partial charge is 0.281 e. The van der Waals surface area contributed by atoms with E-state index in [0.717, 1.165) is 5.56 Å². The van der Waals surface area contributed by atoms with Crippen LogP contribution in [0, 0.1) is 23.0 Å². The lowest BCUT2D eigenvalue weighted by Gasteiger charge is -2.20. The van der Waals surface area contributed by atoms with Crippen LogP contribution in [0.3, 0.4) is 0 Å². The number of aryl methyl sites for hydroxylation is 1. The minimum atomic E-state index is -0.810. The quantitative estimate of drug-likeness (QED) is 0.273. The molecule has 1 aromatic heterocycles. The highest BCUT2D eigenvalue weighted by molar-refractivity contribution is 6.30. The van der Waals surface area contributed by atoms with Gasteiger partial charge in [0.15, 0.2) is 0 Å². The summed E-state index contributed by atoms with van der Waals surface area (Å²) in [6.45, 7) is 5.53. The molecule has 2 N–H and O–H groups in total. The summed E-state index contributed by atoms with van der Waals surface area (Å²) < 4.78 is 5.60. The summed E-state index contributed by atoms with van der Waals surface area (Å²) in [5.41, 5.74) is 3.94. The van der Waals surface area contributed by atoms with E-state index in [1.54, 1.807) is 38.1 Å². The number of rotatable bonds is 8. The molecular formula is C24H23ClN4O5. The molecule has 0 saturated carbocycles. The van der Waals surface area contributed by atoms with Crippen LogP contribution in [-0.2, 0) is 4.79 Å². The topological polar surface area (TPSA) is 127 Å². The maximum atomic E-state index is 12.6. The molecule has 0 radical (unpaired) electrons. The van der Waals surface area contributed by atoms with Crippen molar-refractivity contribution in [2.75, 3.05) is 0 Å². The number of nitro benzene ring substituents is 1. The number of amides is 2. The SMILES string of the molecule is Cc1ccc(C(=O)NC(C(=O)NN=Cc2ccc(-c3ccc(Cl)cc3[N+](=O)[O-])o2)C(C)C)cc1. The van der Waals surface area contributed by atoms with Gasteiger partial charge in [-0.3, -0.25) is 19.7 Å². The van der Waals surface area contributed by atoms with Gasteiger partial charge in [-0.2, -0.15) is 5.10 Å². The summed E-state index contributed by atoms with van der Waals surface area (Å²) in [5.74, 6) is -0.527. The standard InChI is InChI=1S/C24H23ClN4O5/c1-14(2)22(27-23(30)16-6-4-15(3)5-7-16)24(31)28-26-13-18-9-11-21(34-18)19-10-8-17(25)12-20(19)29(32)33/h4-14,22H,1-3H3,(H,27,30)(H,28,31). The van der Waals surface area contributed by atoms with Gasteiger partial charge < -0.3 is 9.73 Å². The molecule has 34 heavy (non-hydrogen) atoms. The number of benzene rings is 2. The van der Waals surface area contributed by atoms with Crippen LogP contribution in [0.4, 0.5) is 5.69 Å². The maximum Gasteiger partial charge on any atom is 0.281 e. The van der Waals surface area contributed by atoms with Crippen LogP contribution in [0.25, 0.3) is 11.3 Å². The maximum absolute atomic E-state index is 12.6. The number of furan rings is 1. The number of hydrogen-bond acceptors (Lipinski definition) is 6. The molecule has 0 aliphatic rings. The molecule has 2 amide bonds. The van der Waals surface area contributed by atoms with Crippen molar-refractivity contribution in [1.82, 2.24) is 10.7 Å². The van der Waals surface area contributed by atoms with Gasteiger partial charge in [0.2, 0.25) is 0 Å². The fourth-order valence-electron chi connectivity index (χ4n) is 3.12. The first-order chi connectivity index (χ1) is 16.2. The molecule has 3 aromatic rings. The van der Waals surface area contributed by atoms with E-state index in [-0.39, 0.29) is 39.6 Å². The zero-order valence-electron chi connectivity index (χ0n) is 18.7. The Morgan fingerprint density at radius 3 is 2.47 bits per heavy atom. The van der Waals surface area contributed by atoms with Gasteiger partial charge in [0.25, 0.3) is 17.5 Å². The minimum Gasteiger partial charge on any atom is -0.455 e. The van der Waals surface area contributed by atoms with Crippen LogP contribution in [0.2, 0.25) is 5.02 Å². The number of nitrogens with zero attached hydrogens (tertiary/aromatic N) is 2. The highest BCUT2D eigenvalue weighted by Crippen LogP contribution is 2.33. The molecule has 3 rings (SSSR count). The van der Waals surface area contributed by atoms with Crippen molar-refractivity contribution in [2.45, 2.75) is 26.8 Å². The first kappa shape index (κ1) is 24.7. The summed E-state index contributed by atoms with van der Waals surface area (Å²) >= 11 is 5.85. The van der Waals surface area contributed by atoms with E-state index < -0.39 is 16.9 Å². The molecule has 0 aliphatic heterocycles. The van der Waals surface area contributed by atoms with Gasteiger partial charge in [-0.25, -0.2) is 5.43 Å². The van der Waals surface area contributed by atoms with Crippen molar-refractivity contribution >= 4 is 35.3 Å². The van der Waals surface area contributed by atoms with Gasteiger partial charge in [0.05, 0.1) is 16.7 Å². The number of hydrazone groups is 1. The number of nitrogens with one attached hydrogen (secondary N) is 2. The summed E-state index contributed by atoms with van der Waals surface area (Å²) in [7, 11) is 0. The predicted octanol–water partition coefficient (Wildman–Crippen LogP) is 4.72. The van der Waals surface area contributed by atoms with Crippen molar-refractivity contribution in [2.24, 2.45) is 11.0 Å². The second-order valence-corrected chi connectivity index (χ2v) is 8.35. The van der Waals surface area contributed by atoms with Crippen LogP contribution >= 0.6 is 11.6 Å². The van der Waals surface area contributed by atoms with E-state index >= 15 is 0 Å². The van der Waals surface area contributed by atoms with Crippen LogP contribution < -0.4 is 10.7 Å². The zero-order chi connectivity index (χ0) is 24.8. The molecule has 1 atom stereocenters. The van der Waals surface area contributed by atoms with Crippen molar-refractivity contribution < 1.29 is 18.9 Å². The second kappa shape index (κ2) is 10.8. The van der Waals surface area contributed by atoms with Crippen molar-refractivity contribution in [3.63, 3.8) is 0 Å². The van der Waals surface area contributed by atoms with Gasteiger partial charge in [-0.05, 0) is 49.2 Å². The lowest BCUT2D eigenvalue weighted by molar-refractivity contribution is -0.384. The molecule has 0 aliphatic carbocycles. The van der Waals surface area contributed by atoms with Crippen molar-refractivity contribution in [3.05, 3.63) is 86.6 Å². The van der Waals surface area contributed by atoms with E-state index in [0.29, 0.717) is 5.56 Å². The van der Waals surface area contributed by atoms with E-state index in [4.69, 9.17) is 16.0 Å². The lowest BCUT2D eigenvalue weighted by atomic mass is 10.0. The number of nitro groups is 1. The Labute approximate surface area is 201 Å². The second-order valence-electron chi connectivity index (χ2n) is 7.92. The van der Waals surface area contributed by atoms with Crippen LogP contribution in [0.5, 0.6) is 0 Å². The molecule has 1 heterocycles. The van der Waals surface area contributed by atoms with Gasteiger partial charge in [0, 0.05) is 16.7 Å². The van der Waals surface area contributed by atoms with Crippen LogP contribution in [0.1, 0.15) is 35.5 Å². The van der Waals surface area contributed by atoms with Gasteiger partial charge >= 0.3 is 0 Å². The summed E-state index contributed by atoms with van der Waals surface area (Å²) in [6.07, 6.45) is 1.27. The Morgan fingerprint density at radius 2 is 1.82 bits per heavy atom. The third kappa shape index (κ3) is 6.08. The Balaban J connectivity index is 1.67. The van der Waals surface area contributed by atoms with E-state index in [9.17, 15) is 19.7 Å². The van der Waals surface area contributed by atoms with Crippen LogP contribution in [-0.4, -0.2) is 29.0 Å². The van der Waals surface area contributed by atoms with E-state index in [1.165, 1.54) is 24.4 Å². The fourth-order valence-corrected chi connectivity index (χ4v) is 3.29. The Kier molecular flexibility index (Phi) is 7.80. The molecule has 10 heteroatoms. The van der Waals surface area contributed by atoms with Gasteiger partial charge in [0.1, 0.15) is 17.6 Å². The number of carbonyl (C=O) groups excluding carboxylic acids is 2. The summed E-state index contributed by atoms with van der Waals surface area (Å²) in [6, 6.07) is 13.6. The third-order valence-corrected chi connectivity index (χ3v) is 5.20.